The van der Waals surface area contributed by atoms with Crippen LogP contribution in [0.4, 0.5) is 0 Å². The van der Waals surface area contributed by atoms with Crippen LogP contribution in [0.2, 0.25) is 0 Å². The highest BCUT2D eigenvalue weighted by atomic mass is 16.4. The molecule has 2 atom stereocenters. The summed E-state index contributed by atoms with van der Waals surface area (Å²) < 4.78 is 0. The summed E-state index contributed by atoms with van der Waals surface area (Å²) in [6, 6.07) is 8.54. The Balaban J connectivity index is 1.61. The molecule has 1 aliphatic carbocycles. The van der Waals surface area contributed by atoms with Gasteiger partial charge in [-0.25, -0.2) is 0 Å². The molecule has 3 heteroatoms. The molecule has 0 aliphatic heterocycles. The zero-order valence-corrected chi connectivity index (χ0v) is 10.1. The predicted molar refractivity (Wildman–Crippen MR) is 67.0 cm³/mol. The quantitative estimate of drug-likeness (QED) is 0.737. The number of rotatable bonds is 6. The van der Waals surface area contributed by atoms with Gasteiger partial charge in [-0.3, -0.25) is 4.79 Å². The highest BCUT2D eigenvalue weighted by Crippen LogP contribution is 2.37. The average Bonchev–Trinajstić information content (AvgIpc) is 3.06. The van der Waals surface area contributed by atoms with Crippen molar-refractivity contribution in [3.8, 4) is 0 Å². The minimum atomic E-state index is -0.643. The summed E-state index contributed by atoms with van der Waals surface area (Å²) in [4.78, 5) is 10.6. The van der Waals surface area contributed by atoms with Crippen molar-refractivity contribution in [2.45, 2.75) is 19.8 Å². The van der Waals surface area contributed by atoms with Gasteiger partial charge in [0.2, 0.25) is 0 Å². The van der Waals surface area contributed by atoms with E-state index in [-0.39, 0.29) is 5.92 Å². The molecule has 0 spiro atoms. The monoisotopic (exact) mass is 233 g/mol. The molecule has 1 fully saturated rings. The summed E-state index contributed by atoms with van der Waals surface area (Å²) in [6.45, 7) is 3.84. The first kappa shape index (κ1) is 12.1. The molecule has 0 amide bonds. The van der Waals surface area contributed by atoms with E-state index in [0.717, 1.165) is 25.9 Å². The Hall–Kier alpha value is -1.35. The Morgan fingerprint density at radius 1 is 1.41 bits per heavy atom. The molecule has 1 saturated carbocycles. The van der Waals surface area contributed by atoms with Crippen LogP contribution in [0.1, 0.15) is 17.5 Å². The van der Waals surface area contributed by atoms with Gasteiger partial charge in [0.15, 0.2) is 0 Å². The molecule has 2 N–H and O–H groups in total. The van der Waals surface area contributed by atoms with E-state index in [4.69, 9.17) is 5.11 Å². The van der Waals surface area contributed by atoms with Gasteiger partial charge in [0, 0.05) is 0 Å². The lowest BCUT2D eigenvalue weighted by Crippen LogP contribution is -2.21. The molecule has 2 unspecified atom stereocenters. The molecule has 0 aromatic heterocycles. The van der Waals surface area contributed by atoms with Gasteiger partial charge in [0.25, 0.3) is 0 Å². The van der Waals surface area contributed by atoms with Crippen molar-refractivity contribution in [2.75, 3.05) is 13.1 Å². The Morgan fingerprint density at radius 2 is 2.12 bits per heavy atom. The second-order valence-corrected chi connectivity index (χ2v) is 4.88. The van der Waals surface area contributed by atoms with Crippen molar-refractivity contribution >= 4 is 5.97 Å². The fourth-order valence-electron chi connectivity index (χ4n) is 2.05. The standard InChI is InChI=1S/C14H19NO2/c1-10-2-4-11(5-3-10)6-7-15-9-12-8-13(12)14(16)17/h2-5,12-13,15H,6-9H2,1H3,(H,16,17). The SMILES string of the molecule is Cc1ccc(CCNCC2CC2C(=O)O)cc1. The number of carbonyl (C=O) groups is 1. The fourth-order valence-corrected chi connectivity index (χ4v) is 2.05. The summed E-state index contributed by atoms with van der Waals surface area (Å²) in [5.74, 6) is -0.386. The molecule has 0 heterocycles. The highest BCUT2D eigenvalue weighted by Gasteiger charge is 2.42. The zero-order valence-electron chi connectivity index (χ0n) is 10.1. The first-order valence-electron chi connectivity index (χ1n) is 6.16. The average molecular weight is 233 g/mol. The van der Waals surface area contributed by atoms with E-state index in [2.05, 4.69) is 36.5 Å². The van der Waals surface area contributed by atoms with E-state index in [9.17, 15) is 4.79 Å². The van der Waals surface area contributed by atoms with Crippen molar-refractivity contribution in [3.63, 3.8) is 0 Å². The molecule has 2 rings (SSSR count). The number of carboxylic acid groups (broad SMARTS) is 1. The number of aliphatic carboxylic acids is 1. The number of hydrogen-bond donors (Lipinski definition) is 2. The van der Waals surface area contributed by atoms with Gasteiger partial charge in [-0.2, -0.15) is 0 Å². The Labute approximate surface area is 102 Å². The lowest BCUT2D eigenvalue weighted by Gasteiger charge is -2.04. The van der Waals surface area contributed by atoms with Crippen LogP contribution in [0.5, 0.6) is 0 Å². The molecule has 3 nitrogen and oxygen atoms in total. The lowest BCUT2D eigenvalue weighted by molar-refractivity contribution is -0.138. The fraction of sp³-hybridized carbons (Fsp3) is 0.500. The van der Waals surface area contributed by atoms with Crippen LogP contribution in [-0.4, -0.2) is 24.2 Å². The maximum absolute atomic E-state index is 10.6. The molecule has 0 radical (unpaired) electrons. The second-order valence-electron chi connectivity index (χ2n) is 4.88. The third kappa shape index (κ3) is 3.56. The summed E-state index contributed by atoms with van der Waals surface area (Å²) in [5, 5.41) is 12.1. The van der Waals surface area contributed by atoms with Crippen molar-refractivity contribution in [2.24, 2.45) is 11.8 Å². The van der Waals surface area contributed by atoms with E-state index < -0.39 is 5.97 Å². The molecule has 92 valence electrons. The molecule has 17 heavy (non-hydrogen) atoms. The van der Waals surface area contributed by atoms with E-state index in [1.807, 2.05) is 0 Å². The zero-order chi connectivity index (χ0) is 12.3. The van der Waals surface area contributed by atoms with Gasteiger partial charge < -0.3 is 10.4 Å². The number of aryl methyl sites for hydroxylation is 1. The topological polar surface area (TPSA) is 49.3 Å². The molecular formula is C14H19NO2. The molecular weight excluding hydrogens is 214 g/mol. The predicted octanol–water partition coefficient (Wildman–Crippen LogP) is 1.85. The van der Waals surface area contributed by atoms with Crippen molar-refractivity contribution in [1.29, 1.82) is 0 Å². The molecule has 1 aliphatic rings. The summed E-state index contributed by atoms with van der Waals surface area (Å²) in [5.41, 5.74) is 2.61. The van der Waals surface area contributed by atoms with Crippen LogP contribution >= 0.6 is 0 Å². The number of benzene rings is 1. The van der Waals surface area contributed by atoms with Crippen molar-refractivity contribution in [3.05, 3.63) is 35.4 Å². The Kier molecular flexibility index (Phi) is 3.79. The molecule has 1 aromatic carbocycles. The smallest absolute Gasteiger partial charge is 0.306 e. The maximum Gasteiger partial charge on any atom is 0.306 e. The third-order valence-corrected chi connectivity index (χ3v) is 3.36. The molecule has 0 saturated heterocycles. The largest absolute Gasteiger partial charge is 0.481 e. The van der Waals surface area contributed by atoms with E-state index in [1.54, 1.807) is 0 Å². The number of hydrogen-bond acceptors (Lipinski definition) is 2. The molecule has 1 aromatic rings. The van der Waals surface area contributed by atoms with Gasteiger partial charge in [-0.15, -0.1) is 0 Å². The summed E-state index contributed by atoms with van der Waals surface area (Å²) >= 11 is 0. The number of nitrogens with one attached hydrogen (secondary N) is 1. The minimum Gasteiger partial charge on any atom is -0.481 e. The van der Waals surface area contributed by atoms with Gasteiger partial charge in [-0.05, 0) is 44.3 Å². The van der Waals surface area contributed by atoms with Crippen LogP contribution in [0.15, 0.2) is 24.3 Å². The first-order chi connectivity index (χ1) is 8.16. The van der Waals surface area contributed by atoms with Crippen molar-refractivity contribution in [1.82, 2.24) is 5.32 Å². The Bertz CT molecular complexity index is 386. The van der Waals surface area contributed by atoms with Crippen molar-refractivity contribution < 1.29 is 9.90 Å². The van der Waals surface area contributed by atoms with Crippen LogP contribution in [0.3, 0.4) is 0 Å². The second kappa shape index (κ2) is 5.32. The Morgan fingerprint density at radius 3 is 2.71 bits per heavy atom. The van der Waals surface area contributed by atoms with E-state index >= 15 is 0 Å². The summed E-state index contributed by atoms with van der Waals surface area (Å²) in [6.07, 6.45) is 1.84. The van der Waals surface area contributed by atoms with Gasteiger partial charge in [-0.1, -0.05) is 29.8 Å². The van der Waals surface area contributed by atoms with Crippen LogP contribution < -0.4 is 5.32 Å². The van der Waals surface area contributed by atoms with Gasteiger partial charge >= 0.3 is 5.97 Å². The van der Waals surface area contributed by atoms with E-state index in [0.29, 0.717) is 5.92 Å². The summed E-state index contributed by atoms with van der Waals surface area (Å²) in [7, 11) is 0. The van der Waals surface area contributed by atoms with Gasteiger partial charge in [0.1, 0.15) is 0 Å². The van der Waals surface area contributed by atoms with Crippen LogP contribution in [0, 0.1) is 18.8 Å². The molecule has 0 bridgehead atoms. The van der Waals surface area contributed by atoms with Crippen LogP contribution in [-0.2, 0) is 11.2 Å². The van der Waals surface area contributed by atoms with E-state index in [1.165, 1.54) is 11.1 Å². The van der Waals surface area contributed by atoms with Crippen LogP contribution in [0.25, 0.3) is 0 Å². The van der Waals surface area contributed by atoms with Gasteiger partial charge in [0.05, 0.1) is 5.92 Å². The first-order valence-corrected chi connectivity index (χ1v) is 6.16. The normalized spacial score (nSPS) is 22.4. The third-order valence-electron chi connectivity index (χ3n) is 3.36. The minimum absolute atomic E-state index is 0.0955. The maximum atomic E-state index is 10.6. The number of carboxylic acids is 1. The highest BCUT2D eigenvalue weighted by molar-refractivity contribution is 5.73. The lowest BCUT2D eigenvalue weighted by atomic mass is 10.1.